The molecule has 0 bridgehead atoms. The quantitative estimate of drug-likeness (QED) is 0.840. The van der Waals surface area contributed by atoms with Crippen LogP contribution in [0.5, 0.6) is 5.75 Å². The highest BCUT2D eigenvalue weighted by Gasteiger charge is 2.26. The minimum Gasteiger partial charge on any atom is -0.481 e. The molecule has 1 aliphatic heterocycles. The third-order valence-electron chi connectivity index (χ3n) is 4.77. The van der Waals surface area contributed by atoms with Gasteiger partial charge in [0.25, 0.3) is 5.91 Å². The van der Waals surface area contributed by atoms with Crippen LogP contribution in [0.15, 0.2) is 42.5 Å². The van der Waals surface area contributed by atoms with Gasteiger partial charge in [-0.3, -0.25) is 4.79 Å². The average molecular weight is 356 g/mol. The Morgan fingerprint density at radius 3 is 2.31 bits per heavy atom. The Kier molecular flexibility index (Phi) is 5.45. The van der Waals surface area contributed by atoms with Crippen LogP contribution < -0.4 is 9.64 Å². The fraction of sp³-hybridized carbons (Fsp3) is 0.381. The van der Waals surface area contributed by atoms with Gasteiger partial charge in [0.15, 0.2) is 6.10 Å². The summed E-state index contributed by atoms with van der Waals surface area (Å²) in [5, 5.41) is 0. The van der Waals surface area contributed by atoms with Crippen LogP contribution in [0.1, 0.15) is 18.1 Å². The summed E-state index contributed by atoms with van der Waals surface area (Å²) in [4.78, 5) is 16.7. The molecule has 138 valence electrons. The van der Waals surface area contributed by atoms with Gasteiger partial charge >= 0.3 is 0 Å². The van der Waals surface area contributed by atoms with Crippen LogP contribution >= 0.6 is 0 Å². The molecule has 0 aromatic heterocycles. The first-order valence-corrected chi connectivity index (χ1v) is 8.97. The number of nitrogens with zero attached hydrogens (tertiary/aromatic N) is 2. The van der Waals surface area contributed by atoms with E-state index in [1.807, 2.05) is 36.9 Å². The number of benzene rings is 2. The molecule has 26 heavy (non-hydrogen) atoms. The fourth-order valence-electron chi connectivity index (χ4n) is 3.27. The van der Waals surface area contributed by atoms with Crippen molar-refractivity contribution in [3.63, 3.8) is 0 Å². The van der Waals surface area contributed by atoms with E-state index < -0.39 is 6.10 Å². The summed E-state index contributed by atoms with van der Waals surface area (Å²) in [6, 6.07) is 12.4. The van der Waals surface area contributed by atoms with E-state index in [1.165, 1.54) is 17.7 Å². The highest BCUT2D eigenvalue weighted by Crippen LogP contribution is 2.21. The SMILES string of the molecule is Cc1ccc(O[C@H](C)C(=O)N2CCN(c3ccc(F)cc3)CC2)c(C)c1. The van der Waals surface area contributed by atoms with Gasteiger partial charge in [0.2, 0.25) is 0 Å². The van der Waals surface area contributed by atoms with Gasteiger partial charge in [-0.25, -0.2) is 4.39 Å². The Morgan fingerprint density at radius 2 is 1.69 bits per heavy atom. The minimum atomic E-state index is -0.520. The van der Waals surface area contributed by atoms with Gasteiger partial charge in [0.05, 0.1) is 0 Å². The summed E-state index contributed by atoms with van der Waals surface area (Å²) in [5.41, 5.74) is 3.19. The van der Waals surface area contributed by atoms with E-state index >= 15 is 0 Å². The molecule has 5 heteroatoms. The number of anilines is 1. The van der Waals surface area contributed by atoms with Crippen molar-refractivity contribution in [3.05, 3.63) is 59.4 Å². The predicted octanol–water partition coefficient (Wildman–Crippen LogP) is 3.56. The molecule has 2 aromatic rings. The van der Waals surface area contributed by atoms with Crippen molar-refractivity contribution in [3.8, 4) is 5.75 Å². The van der Waals surface area contributed by atoms with E-state index in [4.69, 9.17) is 4.74 Å². The summed E-state index contributed by atoms with van der Waals surface area (Å²) in [6.07, 6.45) is -0.520. The summed E-state index contributed by atoms with van der Waals surface area (Å²) in [6.45, 7) is 8.55. The summed E-state index contributed by atoms with van der Waals surface area (Å²) < 4.78 is 18.9. The number of carbonyl (C=O) groups excluding carboxylic acids is 1. The van der Waals surface area contributed by atoms with E-state index in [0.29, 0.717) is 13.1 Å². The lowest BCUT2D eigenvalue weighted by atomic mass is 10.1. The Bertz CT molecular complexity index is 768. The number of ether oxygens (including phenoxy) is 1. The van der Waals surface area contributed by atoms with E-state index in [-0.39, 0.29) is 11.7 Å². The largest absolute Gasteiger partial charge is 0.481 e. The Labute approximate surface area is 154 Å². The maximum absolute atomic E-state index is 13.1. The zero-order valence-electron chi connectivity index (χ0n) is 15.5. The average Bonchev–Trinajstić information content (AvgIpc) is 2.64. The first kappa shape index (κ1) is 18.2. The van der Waals surface area contributed by atoms with Crippen molar-refractivity contribution in [2.24, 2.45) is 0 Å². The maximum Gasteiger partial charge on any atom is 0.263 e. The lowest BCUT2D eigenvalue weighted by Gasteiger charge is -2.37. The van der Waals surface area contributed by atoms with Gasteiger partial charge in [-0.1, -0.05) is 17.7 Å². The Hall–Kier alpha value is -2.56. The van der Waals surface area contributed by atoms with Crippen LogP contribution in [-0.4, -0.2) is 43.1 Å². The molecule has 1 saturated heterocycles. The molecular formula is C21H25FN2O2. The normalized spacial score (nSPS) is 15.7. The molecule has 4 nitrogen and oxygen atoms in total. The molecule has 1 aliphatic rings. The molecule has 0 radical (unpaired) electrons. The lowest BCUT2D eigenvalue weighted by molar-refractivity contribution is -0.138. The maximum atomic E-state index is 13.1. The van der Waals surface area contributed by atoms with Crippen LogP contribution in [0.3, 0.4) is 0 Å². The molecule has 1 atom stereocenters. The zero-order valence-corrected chi connectivity index (χ0v) is 15.5. The third kappa shape index (κ3) is 4.15. The van der Waals surface area contributed by atoms with E-state index in [9.17, 15) is 9.18 Å². The second kappa shape index (κ2) is 7.77. The van der Waals surface area contributed by atoms with E-state index in [1.54, 1.807) is 19.1 Å². The topological polar surface area (TPSA) is 32.8 Å². The number of amides is 1. The van der Waals surface area contributed by atoms with Gasteiger partial charge in [-0.05, 0) is 56.7 Å². The number of aryl methyl sites for hydroxylation is 2. The molecule has 0 N–H and O–H groups in total. The number of rotatable bonds is 4. The molecule has 0 unspecified atom stereocenters. The number of carbonyl (C=O) groups is 1. The van der Waals surface area contributed by atoms with Gasteiger partial charge in [-0.15, -0.1) is 0 Å². The van der Waals surface area contributed by atoms with Crippen LogP contribution in [0.4, 0.5) is 10.1 Å². The molecule has 2 aromatic carbocycles. The first-order chi connectivity index (χ1) is 12.4. The predicted molar refractivity (Wildman–Crippen MR) is 101 cm³/mol. The van der Waals surface area contributed by atoms with Crippen molar-refractivity contribution in [1.82, 2.24) is 4.90 Å². The second-order valence-electron chi connectivity index (χ2n) is 6.82. The smallest absolute Gasteiger partial charge is 0.263 e. The number of hydrogen-bond acceptors (Lipinski definition) is 3. The molecule has 3 rings (SSSR count). The van der Waals surface area contributed by atoms with E-state index in [0.717, 1.165) is 30.1 Å². The van der Waals surface area contributed by atoms with E-state index in [2.05, 4.69) is 4.90 Å². The van der Waals surface area contributed by atoms with Crippen molar-refractivity contribution < 1.29 is 13.9 Å². The first-order valence-electron chi connectivity index (χ1n) is 8.97. The monoisotopic (exact) mass is 356 g/mol. The van der Waals surface area contributed by atoms with Crippen LogP contribution in [-0.2, 0) is 4.79 Å². The van der Waals surface area contributed by atoms with Crippen LogP contribution in [0.25, 0.3) is 0 Å². The van der Waals surface area contributed by atoms with Crippen molar-refractivity contribution in [2.45, 2.75) is 26.9 Å². The van der Waals surface area contributed by atoms with Crippen molar-refractivity contribution >= 4 is 11.6 Å². The molecular weight excluding hydrogens is 331 g/mol. The van der Waals surface area contributed by atoms with Crippen molar-refractivity contribution in [2.75, 3.05) is 31.1 Å². The second-order valence-corrected chi connectivity index (χ2v) is 6.82. The van der Waals surface area contributed by atoms with Gasteiger partial charge in [-0.2, -0.15) is 0 Å². The van der Waals surface area contributed by atoms with Crippen LogP contribution in [0, 0.1) is 19.7 Å². The van der Waals surface area contributed by atoms with Gasteiger partial charge in [0.1, 0.15) is 11.6 Å². The van der Waals surface area contributed by atoms with Crippen LogP contribution in [0.2, 0.25) is 0 Å². The van der Waals surface area contributed by atoms with Gasteiger partial charge in [0, 0.05) is 31.9 Å². The summed E-state index contributed by atoms with van der Waals surface area (Å²) >= 11 is 0. The molecule has 0 aliphatic carbocycles. The number of piperazine rings is 1. The van der Waals surface area contributed by atoms with Gasteiger partial charge < -0.3 is 14.5 Å². The Balaban J connectivity index is 1.56. The molecule has 0 saturated carbocycles. The summed E-state index contributed by atoms with van der Waals surface area (Å²) in [5.74, 6) is 0.519. The number of hydrogen-bond donors (Lipinski definition) is 0. The molecule has 1 fully saturated rings. The minimum absolute atomic E-state index is 0.00345. The highest BCUT2D eigenvalue weighted by molar-refractivity contribution is 5.81. The number of halogens is 1. The zero-order chi connectivity index (χ0) is 18.7. The third-order valence-corrected chi connectivity index (χ3v) is 4.77. The fourth-order valence-corrected chi connectivity index (χ4v) is 3.27. The Morgan fingerprint density at radius 1 is 1.04 bits per heavy atom. The highest BCUT2D eigenvalue weighted by atomic mass is 19.1. The van der Waals surface area contributed by atoms with Crippen molar-refractivity contribution in [1.29, 1.82) is 0 Å². The lowest BCUT2D eigenvalue weighted by Crippen LogP contribution is -2.52. The standard InChI is InChI=1S/C21H25FN2O2/c1-15-4-9-20(16(2)14-15)26-17(3)21(25)24-12-10-23(11-13-24)19-7-5-18(22)6-8-19/h4-9,14,17H,10-13H2,1-3H3/t17-/m1/s1. The molecule has 1 amide bonds. The summed E-state index contributed by atoms with van der Waals surface area (Å²) in [7, 11) is 0. The molecule has 0 spiro atoms. The molecule has 1 heterocycles.